The SMILES string of the molecule is CCN(CC)CCCNc1ccccc1N. The average Bonchev–Trinajstić information content (AvgIpc) is 2.31. The van der Waals surface area contributed by atoms with Crippen molar-refractivity contribution in [1.82, 2.24) is 4.90 Å². The average molecular weight is 221 g/mol. The predicted molar refractivity (Wildman–Crippen MR) is 71.7 cm³/mol. The molecule has 90 valence electrons. The summed E-state index contributed by atoms with van der Waals surface area (Å²) in [6, 6.07) is 7.90. The zero-order valence-electron chi connectivity index (χ0n) is 10.4. The van der Waals surface area contributed by atoms with Gasteiger partial charge >= 0.3 is 0 Å². The highest BCUT2D eigenvalue weighted by atomic mass is 15.1. The fraction of sp³-hybridized carbons (Fsp3) is 0.538. The Bertz CT molecular complexity index is 295. The molecule has 0 aliphatic rings. The third-order valence-corrected chi connectivity index (χ3v) is 2.82. The molecular formula is C13H23N3. The Labute approximate surface area is 98.6 Å². The molecule has 3 N–H and O–H groups in total. The van der Waals surface area contributed by atoms with Gasteiger partial charge in [-0.15, -0.1) is 0 Å². The smallest absolute Gasteiger partial charge is 0.0573 e. The fourth-order valence-electron chi connectivity index (χ4n) is 1.72. The monoisotopic (exact) mass is 221 g/mol. The van der Waals surface area contributed by atoms with Crippen LogP contribution in [0.25, 0.3) is 0 Å². The van der Waals surface area contributed by atoms with Crippen molar-refractivity contribution in [1.29, 1.82) is 0 Å². The Morgan fingerprint density at radius 1 is 1.19 bits per heavy atom. The number of rotatable bonds is 7. The Kier molecular flexibility index (Phi) is 5.72. The van der Waals surface area contributed by atoms with Gasteiger partial charge in [-0.05, 0) is 38.2 Å². The van der Waals surface area contributed by atoms with Crippen molar-refractivity contribution in [2.75, 3.05) is 37.2 Å². The lowest BCUT2D eigenvalue weighted by atomic mass is 10.2. The number of nitrogens with two attached hydrogens (primary N) is 1. The summed E-state index contributed by atoms with van der Waals surface area (Å²) in [5.41, 5.74) is 7.71. The predicted octanol–water partition coefficient (Wildman–Crippen LogP) is 2.41. The Morgan fingerprint density at radius 3 is 2.50 bits per heavy atom. The molecular weight excluding hydrogens is 198 g/mol. The molecule has 0 atom stereocenters. The van der Waals surface area contributed by atoms with Gasteiger partial charge in [0.1, 0.15) is 0 Å². The van der Waals surface area contributed by atoms with E-state index in [2.05, 4.69) is 24.1 Å². The van der Waals surface area contributed by atoms with Gasteiger partial charge in [-0.25, -0.2) is 0 Å². The number of anilines is 2. The Hall–Kier alpha value is -1.22. The van der Waals surface area contributed by atoms with E-state index in [4.69, 9.17) is 5.73 Å². The van der Waals surface area contributed by atoms with Crippen LogP contribution < -0.4 is 11.1 Å². The highest BCUT2D eigenvalue weighted by Gasteiger charge is 1.99. The van der Waals surface area contributed by atoms with Crippen molar-refractivity contribution >= 4 is 11.4 Å². The summed E-state index contributed by atoms with van der Waals surface area (Å²) < 4.78 is 0. The van der Waals surface area contributed by atoms with Gasteiger partial charge in [0.15, 0.2) is 0 Å². The van der Waals surface area contributed by atoms with Crippen LogP contribution in [0.3, 0.4) is 0 Å². The molecule has 3 heteroatoms. The van der Waals surface area contributed by atoms with Crippen LogP contribution in [0.5, 0.6) is 0 Å². The van der Waals surface area contributed by atoms with E-state index in [1.807, 2.05) is 24.3 Å². The van der Waals surface area contributed by atoms with Crippen LogP contribution >= 0.6 is 0 Å². The molecule has 0 aliphatic heterocycles. The van der Waals surface area contributed by atoms with Gasteiger partial charge in [0.2, 0.25) is 0 Å². The van der Waals surface area contributed by atoms with E-state index in [0.29, 0.717) is 0 Å². The molecule has 1 aromatic rings. The Balaban J connectivity index is 2.23. The first-order chi connectivity index (χ1) is 7.77. The zero-order chi connectivity index (χ0) is 11.8. The summed E-state index contributed by atoms with van der Waals surface area (Å²) in [5.74, 6) is 0. The van der Waals surface area contributed by atoms with Gasteiger partial charge in [-0.2, -0.15) is 0 Å². The normalized spacial score (nSPS) is 10.7. The molecule has 0 saturated carbocycles. The molecule has 0 bridgehead atoms. The zero-order valence-corrected chi connectivity index (χ0v) is 10.4. The standard InChI is InChI=1S/C13H23N3/c1-3-16(4-2)11-7-10-15-13-9-6-5-8-12(13)14/h5-6,8-9,15H,3-4,7,10-11,14H2,1-2H3. The molecule has 0 unspecified atom stereocenters. The number of hydrogen-bond acceptors (Lipinski definition) is 3. The van der Waals surface area contributed by atoms with Gasteiger partial charge in [-0.1, -0.05) is 26.0 Å². The van der Waals surface area contributed by atoms with Crippen molar-refractivity contribution in [2.45, 2.75) is 20.3 Å². The molecule has 0 fully saturated rings. The van der Waals surface area contributed by atoms with Gasteiger partial charge in [-0.3, -0.25) is 0 Å². The lowest BCUT2D eigenvalue weighted by Crippen LogP contribution is -2.25. The van der Waals surface area contributed by atoms with E-state index >= 15 is 0 Å². The topological polar surface area (TPSA) is 41.3 Å². The molecule has 1 aromatic carbocycles. The summed E-state index contributed by atoms with van der Waals surface area (Å²) in [5, 5.41) is 3.36. The van der Waals surface area contributed by atoms with E-state index in [1.54, 1.807) is 0 Å². The van der Waals surface area contributed by atoms with Crippen LogP contribution in [0.2, 0.25) is 0 Å². The lowest BCUT2D eigenvalue weighted by Gasteiger charge is -2.18. The van der Waals surface area contributed by atoms with Crippen LogP contribution in [0, 0.1) is 0 Å². The number of benzene rings is 1. The van der Waals surface area contributed by atoms with Crippen LogP contribution in [0.15, 0.2) is 24.3 Å². The minimum Gasteiger partial charge on any atom is -0.397 e. The third kappa shape index (κ3) is 4.11. The minimum atomic E-state index is 0.824. The molecule has 0 amide bonds. The maximum absolute atomic E-state index is 5.84. The van der Waals surface area contributed by atoms with E-state index in [9.17, 15) is 0 Å². The third-order valence-electron chi connectivity index (χ3n) is 2.82. The molecule has 0 aromatic heterocycles. The number of hydrogen-bond donors (Lipinski definition) is 2. The summed E-state index contributed by atoms with van der Waals surface area (Å²) in [7, 11) is 0. The largest absolute Gasteiger partial charge is 0.397 e. The van der Waals surface area contributed by atoms with E-state index in [1.165, 1.54) is 0 Å². The summed E-state index contributed by atoms with van der Waals surface area (Å²) >= 11 is 0. The highest BCUT2D eigenvalue weighted by Crippen LogP contribution is 2.16. The van der Waals surface area contributed by atoms with Crippen LogP contribution in [-0.2, 0) is 0 Å². The van der Waals surface area contributed by atoms with Crippen molar-refractivity contribution in [3.05, 3.63) is 24.3 Å². The van der Waals surface area contributed by atoms with E-state index in [-0.39, 0.29) is 0 Å². The van der Waals surface area contributed by atoms with Gasteiger partial charge in [0.05, 0.1) is 11.4 Å². The van der Waals surface area contributed by atoms with Gasteiger partial charge in [0.25, 0.3) is 0 Å². The van der Waals surface area contributed by atoms with Crippen LogP contribution in [-0.4, -0.2) is 31.1 Å². The van der Waals surface area contributed by atoms with Gasteiger partial charge in [0, 0.05) is 6.54 Å². The maximum atomic E-state index is 5.84. The molecule has 1 rings (SSSR count). The molecule has 0 radical (unpaired) electrons. The number of para-hydroxylation sites is 2. The summed E-state index contributed by atoms with van der Waals surface area (Å²) in [4.78, 5) is 2.43. The lowest BCUT2D eigenvalue weighted by molar-refractivity contribution is 0.303. The minimum absolute atomic E-state index is 0.824. The maximum Gasteiger partial charge on any atom is 0.0573 e. The van der Waals surface area contributed by atoms with E-state index in [0.717, 1.165) is 44.0 Å². The number of nitrogen functional groups attached to an aromatic ring is 1. The first kappa shape index (κ1) is 12.8. The molecule has 0 spiro atoms. The highest BCUT2D eigenvalue weighted by molar-refractivity contribution is 5.65. The second kappa shape index (κ2) is 7.12. The summed E-state index contributed by atoms with van der Waals surface area (Å²) in [6.45, 7) is 8.78. The second-order valence-corrected chi connectivity index (χ2v) is 3.89. The molecule has 0 saturated heterocycles. The van der Waals surface area contributed by atoms with E-state index < -0.39 is 0 Å². The molecule has 0 aliphatic carbocycles. The first-order valence-corrected chi connectivity index (χ1v) is 6.08. The molecule has 3 nitrogen and oxygen atoms in total. The van der Waals surface area contributed by atoms with Crippen LogP contribution in [0.4, 0.5) is 11.4 Å². The number of nitrogens with zero attached hydrogens (tertiary/aromatic N) is 1. The first-order valence-electron chi connectivity index (χ1n) is 6.08. The fourth-order valence-corrected chi connectivity index (χ4v) is 1.72. The Morgan fingerprint density at radius 2 is 1.88 bits per heavy atom. The van der Waals surface area contributed by atoms with Gasteiger partial charge < -0.3 is 16.0 Å². The number of nitrogens with one attached hydrogen (secondary N) is 1. The van der Waals surface area contributed by atoms with Crippen molar-refractivity contribution in [2.24, 2.45) is 0 Å². The quantitative estimate of drug-likeness (QED) is 0.549. The molecule has 0 heterocycles. The summed E-state index contributed by atoms with van der Waals surface area (Å²) in [6.07, 6.45) is 1.15. The van der Waals surface area contributed by atoms with Crippen LogP contribution in [0.1, 0.15) is 20.3 Å². The molecule has 16 heavy (non-hydrogen) atoms. The van der Waals surface area contributed by atoms with Crippen molar-refractivity contribution in [3.8, 4) is 0 Å². The second-order valence-electron chi connectivity index (χ2n) is 3.89. The van der Waals surface area contributed by atoms with Crippen molar-refractivity contribution in [3.63, 3.8) is 0 Å². The van der Waals surface area contributed by atoms with Crippen molar-refractivity contribution < 1.29 is 0 Å².